The third-order valence-electron chi connectivity index (χ3n) is 3.68. The molecule has 16 heavy (non-hydrogen) atoms. The Morgan fingerprint density at radius 3 is 2.56 bits per heavy atom. The standard InChI is InChI=1S/C12H24N2O2/c1-5-12(3,4)14-7-9(10(13)8-14)11(15)16-6-2/h9-10H,5-8,13H2,1-4H3/t9-,10+/m1/s1. The minimum absolute atomic E-state index is 0.0927. The molecule has 0 radical (unpaired) electrons. The molecular weight excluding hydrogens is 204 g/mol. The molecule has 94 valence electrons. The van der Waals surface area contributed by atoms with Crippen LogP contribution >= 0.6 is 0 Å². The number of likely N-dealkylation sites (tertiary alicyclic amines) is 1. The van der Waals surface area contributed by atoms with Crippen molar-refractivity contribution in [3.63, 3.8) is 0 Å². The second-order valence-corrected chi connectivity index (χ2v) is 5.09. The number of carbonyl (C=O) groups excluding carboxylic acids is 1. The molecule has 0 unspecified atom stereocenters. The first-order chi connectivity index (χ1) is 7.42. The number of ether oxygens (including phenoxy) is 1. The summed E-state index contributed by atoms with van der Waals surface area (Å²) in [7, 11) is 0. The Balaban J connectivity index is 2.63. The summed E-state index contributed by atoms with van der Waals surface area (Å²) in [5, 5.41) is 0. The van der Waals surface area contributed by atoms with Gasteiger partial charge < -0.3 is 10.5 Å². The van der Waals surface area contributed by atoms with E-state index in [0.29, 0.717) is 6.61 Å². The molecule has 0 bridgehead atoms. The molecule has 1 fully saturated rings. The van der Waals surface area contributed by atoms with Gasteiger partial charge >= 0.3 is 5.97 Å². The SMILES string of the molecule is CCOC(=O)[C@@H]1CN(C(C)(C)CC)C[C@@H]1N. The maximum Gasteiger partial charge on any atom is 0.311 e. The van der Waals surface area contributed by atoms with Crippen molar-refractivity contribution in [3.8, 4) is 0 Å². The van der Waals surface area contributed by atoms with Gasteiger partial charge in [0.2, 0.25) is 0 Å². The van der Waals surface area contributed by atoms with Crippen LogP contribution in [0, 0.1) is 5.92 Å². The molecule has 0 aromatic carbocycles. The van der Waals surface area contributed by atoms with E-state index in [0.717, 1.165) is 19.5 Å². The third kappa shape index (κ3) is 2.74. The fourth-order valence-corrected chi connectivity index (χ4v) is 2.05. The number of carbonyl (C=O) groups is 1. The van der Waals surface area contributed by atoms with E-state index in [9.17, 15) is 4.79 Å². The maximum absolute atomic E-state index is 11.7. The fraction of sp³-hybridized carbons (Fsp3) is 0.917. The molecular formula is C12H24N2O2. The summed E-state index contributed by atoms with van der Waals surface area (Å²) in [6, 6.07) is -0.0927. The highest BCUT2D eigenvalue weighted by molar-refractivity contribution is 5.74. The fourth-order valence-electron chi connectivity index (χ4n) is 2.05. The van der Waals surface area contributed by atoms with Crippen molar-refractivity contribution in [2.24, 2.45) is 11.7 Å². The molecule has 1 heterocycles. The van der Waals surface area contributed by atoms with E-state index in [2.05, 4.69) is 25.7 Å². The predicted octanol–water partition coefficient (Wildman–Crippen LogP) is 0.997. The lowest BCUT2D eigenvalue weighted by Gasteiger charge is -2.34. The zero-order valence-electron chi connectivity index (χ0n) is 10.8. The molecule has 1 aliphatic heterocycles. The van der Waals surface area contributed by atoms with Gasteiger partial charge in [0.25, 0.3) is 0 Å². The first kappa shape index (κ1) is 13.5. The lowest BCUT2D eigenvalue weighted by atomic mass is 10.00. The molecule has 0 saturated carbocycles. The summed E-state index contributed by atoms with van der Waals surface area (Å²) in [5.74, 6) is -0.310. The molecule has 0 spiro atoms. The van der Waals surface area contributed by atoms with Crippen LogP contribution < -0.4 is 5.73 Å². The molecule has 2 atom stereocenters. The summed E-state index contributed by atoms with van der Waals surface area (Å²) in [6.45, 7) is 10.3. The van der Waals surface area contributed by atoms with Crippen LogP contribution in [-0.2, 0) is 9.53 Å². The maximum atomic E-state index is 11.7. The summed E-state index contributed by atoms with van der Waals surface area (Å²) in [4.78, 5) is 14.0. The Bertz CT molecular complexity index is 253. The average Bonchev–Trinajstić information content (AvgIpc) is 2.61. The van der Waals surface area contributed by atoms with Gasteiger partial charge in [-0.05, 0) is 27.2 Å². The Kier molecular flexibility index (Phi) is 4.33. The Labute approximate surface area is 98.1 Å². The normalized spacial score (nSPS) is 27.1. The van der Waals surface area contributed by atoms with Crippen LogP contribution in [0.15, 0.2) is 0 Å². The van der Waals surface area contributed by atoms with Crippen molar-refractivity contribution in [2.75, 3.05) is 19.7 Å². The quantitative estimate of drug-likeness (QED) is 0.729. The molecule has 1 rings (SSSR count). The first-order valence-electron chi connectivity index (χ1n) is 6.09. The number of esters is 1. The van der Waals surface area contributed by atoms with Crippen LogP contribution in [-0.4, -0.2) is 42.1 Å². The van der Waals surface area contributed by atoms with Gasteiger partial charge in [-0.3, -0.25) is 9.69 Å². The minimum Gasteiger partial charge on any atom is -0.466 e. The summed E-state index contributed by atoms with van der Waals surface area (Å²) in [5.41, 5.74) is 6.12. The molecule has 0 aromatic heterocycles. The Hall–Kier alpha value is -0.610. The van der Waals surface area contributed by atoms with Gasteiger partial charge in [-0.1, -0.05) is 6.92 Å². The highest BCUT2D eigenvalue weighted by Crippen LogP contribution is 2.27. The lowest BCUT2D eigenvalue weighted by Crippen LogP contribution is -2.43. The van der Waals surface area contributed by atoms with Crippen LogP contribution in [0.25, 0.3) is 0 Å². The van der Waals surface area contributed by atoms with E-state index in [4.69, 9.17) is 10.5 Å². The summed E-state index contributed by atoms with van der Waals surface area (Å²) >= 11 is 0. The molecule has 2 N–H and O–H groups in total. The zero-order valence-corrected chi connectivity index (χ0v) is 10.8. The minimum atomic E-state index is -0.161. The van der Waals surface area contributed by atoms with Crippen molar-refractivity contribution < 1.29 is 9.53 Å². The van der Waals surface area contributed by atoms with E-state index < -0.39 is 0 Å². The number of nitrogens with two attached hydrogens (primary N) is 1. The van der Waals surface area contributed by atoms with E-state index in [-0.39, 0.29) is 23.5 Å². The van der Waals surface area contributed by atoms with E-state index in [1.54, 1.807) is 0 Å². The third-order valence-corrected chi connectivity index (χ3v) is 3.68. The van der Waals surface area contributed by atoms with Crippen LogP contribution in [0.2, 0.25) is 0 Å². The van der Waals surface area contributed by atoms with E-state index >= 15 is 0 Å². The van der Waals surface area contributed by atoms with Gasteiger partial charge in [-0.15, -0.1) is 0 Å². The number of hydrogen-bond acceptors (Lipinski definition) is 4. The molecule has 4 heteroatoms. The largest absolute Gasteiger partial charge is 0.466 e. The van der Waals surface area contributed by atoms with Gasteiger partial charge in [-0.25, -0.2) is 0 Å². The molecule has 0 amide bonds. The van der Waals surface area contributed by atoms with Crippen molar-refractivity contribution in [2.45, 2.75) is 45.7 Å². The molecule has 0 aliphatic carbocycles. The number of hydrogen-bond donors (Lipinski definition) is 1. The molecule has 1 aliphatic rings. The lowest BCUT2D eigenvalue weighted by molar-refractivity contribution is -0.148. The molecule has 1 saturated heterocycles. The zero-order chi connectivity index (χ0) is 12.3. The second-order valence-electron chi connectivity index (χ2n) is 5.09. The van der Waals surface area contributed by atoms with Gasteiger partial charge in [0, 0.05) is 24.7 Å². The van der Waals surface area contributed by atoms with Gasteiger partial charge in [0.15, 0.2) is 0 Å². The van der Waals surface area contributed by atoms with Gasteiger partial charge in [0.05, 0.1) is 12.5 Å². The van der Waals surface area contributed by atoms with Crippen molar-refractivity contribution in [3.05, 3.63) is 0 Å². The van der Waals surface area contributed by atoms with Crippen molar-refractivity contribution in [1.82, 2.24) is 4.90 Å². The smallest absolute Gasteiger partial charge is 0.311 e. The van der Waals surface area contributed by atoms with Crippen LogP contribution in [0.1, 0.15) is 34.1 Å². The summed E-state index contributed by atoms with van der Waals surface area (Å²) < 4.78 is 5.05. The van der Waals surface area contributed by atoms with E-state index in [1.807, 2.05) is 6.92 Å². The van der Waals surface area contributed by atoms with E-state index in [1.165, 1.54) is 0 Å². The van der Waals surface area contributed by atoms with Crippen LogP contribution in [0.5, 0.6) is 0 Å². The first-order valence-corrected chi connectivity index (χ1v) is 6.09. The number of nitrogens with zero attached hydrogens (tertiary/aromatic N) is 1. The second kappa shape index (κ2) is 5.15. The monoisotopic (exact) mass is 228 g/mol. The highest BCUT2D eigenvalue weighted by Gasteiger charge is 2.41. The summed E-state index contributed by atoms with van der Waals surface area (Å²) in [6.07, 6.45) is 1.05. The average molecular weight is 228 g/mol. The van der Waals surface area contributed by atoms with Crippen LogP contribution in [0.3, 0.4) is 0 Å². The highest BCUT2D eigenvalue weighted by atomic mass is 16.5. The Morgan fingerprint density at radius 1 is 1.44 bits per heavy atom. The molecule has 0 aromatic rings. The number of rotatable bonds is 4. The van der Waals surface area contributed by atoms with Crippen molar-refractivity contribution >= 4 is 5.97 Å². The molecule has 4 nitrogen and oxygen atoms in total. The van der Waals surface area contributed by atoms with Gasteiger partial charge in [0.1, 0.15) is 0 Å². The Morgan fingerprint density at radius 2 is 2.06 bits per heavy atom. The van der Waals surface area contributed by atoms with Crippen molar-refractivity contribution in [1.29, 1.82) is 0 Å². The topological polar surface area (TPSA) is 55.6 Å². The van der Waals surface area contributed by atoms with Crippen LogP contribution in [0.4, 0.5) is 0 Å². The van der Waals surface area contributed by atoms with Gasteiger partial charge in [-0.2, -0.15) is 0 Å². The predicted molar refractivity (Wildman–Crippen MR) is 64.0 cm³/mol.